The molecular weight excluding hydrogens is 343 g/mol. The topological polar surface area (TPSA) is 84.4 Å². The van der Waals surface area contributed by atoms with Crippen LogP contribution < -0.4 is 4.90 Å². The minimum atomic E-state index is -4.61. The Hall–Kier alpha value is -1.35. The quantitative estimate of drug-likeness (QED) is 0.769. The molecule has 0 saturated carbocycles. The third kappa shape index (κ3) is 3.45. The number of ketones is 1. The van der Waals surface area contributed by atoms with Crippen molar-refractivity contribution in [1.29, 1.82) is 0 Å². The van der Waals surface area contributed by atoms with E-state index >= 15 is 0 Å². The first-order valence-electron chi connectivity index (χ1n) is 7.30. The second-order valence-corrected chi connectivity index (χ2v) is 9.38. The largest absolute Gasteiger partial charge is 0.302 e. The zero-order valence-electron chi connectivity index (χ0n) is 12.8. The Bertz CT molecular complexity index is 785. The summed E-state index contributed by atoms with van der Waals surface area (Å²) in [5.41, 5.74) is 0.538. The Kier molecular flexibility index (Phi) is 3.83. The molecule has 0 aromatic carbocycles. The zero-order chi connectivity index (χ0) is 17.0. The smallest absolute Gasteiger partial charge is 0.293 e. The van der Waals surface area contributed by atoms with Crippen molar-refractivity contribution in [1.82, 2.24) is 4.98 Å². The maximum absolute atomic E-state index is 12.8. The highest BCUT2D eigenvalue weighted by Crippen LogP contribution is 2.40. The lowest BCUT2D eigenvalue weighted by molar-refractivity contribution is -0.117. The Morgan fingerprint density at radius 2 is 2.04 bits per heavy atom. The number of nitrogens with zero attached hydrogens (tertiary/aromatic N) is 2. The Balaban J connectivity index is 1.84. The van der Waals surface area contributed by atoms with E-state index in [1.165, 1.54) is 16.2 Å². The van der Waals surface area contributed by atoms with Crippen LogP contribution in [0.3, 0.4) is 0 Å². The average molecular weight is 360 g/mol. The standard InChI is InChI=1S/C14H17FN2O4S2/c1-14(2)4-9-12(10(18)5-14)22-13(16-9)17-6-8(3-11(17)19)7-23(15,20)21/h8H,3-7H2,1-2H3. The summed E-state index contributed by atoms with van der Waals surface area (Å²) in [6.07, 6.45) is 1.08. The van der Waals surface area contributed by atoms with Crippen LogP contribution >= 0.6 is 11.3 Å². The van der Waals surface area contributed by atoms with Crippen LogP contribution in [0.25, 0.3) is 0 Å². The van der Waals surface area contributed by atoms with Crippen LogP contribution in [0.5, 0.6) is 0 Å². The summed E-state index contributed by atoms with van der Waals surface area (Å²) < 4.78 is 34.3. The van der Waals surface area contributed by atoms with Crippen LogP contribution in [0.4, 0.5) is 9.02 Å². The fourth-order valence-corrected chi connectivity index (χ4v) is 5.02. The summed E-state index contributed by atoms with van der Waals surface area (Å²) in [5.74, 6) is -1.50. The van der Waals surface area contributed by atoms with Gasteiger partial charge in [-0.2, -0.15) is 8.42 Å². The van der Waals surface area contributed by atoms with Gasteiger partial charge in [0.15, 0.2) is 10.9 Å². The number of Topliss-reactive ketones (excluding diaryl/α,β-unsaturated/α-hetero) is 1. The molecule has 1 fully saturated rings. The highest BCUT2D eigenvalue weighted by atomic mass is 32.3. The summed E-state index contributed by atoms with van der Waals surface area (Å²) in [4.78, 5) is 30.7. The molecule has 0 spiro atoms. The number of anilines is 1. The predicted molar refractivity (Wildman–Crippen MR) is 83.9 cm³/mol. The van der Waals surface area contributed by atoms with Gasteiger partial charge in [-0.05, 0) is 11.8 Å². The van der Waals surface area contributed by atoms with Gasteiger partial charge in [0.05, 0.1) is 16.3 Å². The van der Waals surface area contributed by atoms with Gasteiger partial charge in [-0.3, -0.25) is 14.5 Å². The molecule has 9 heteroatoms. The lowest BCUT2D eigenvalue weighted by atomic mass is 9.78. The number of thiazole rings is 1. The van der Waals surface area contributed by atoms with Crippen LogP contribution in [0, 0.1) is 11.3 Å². The molecule has 1 aliphatic carbocycles. The van der Waals surface area contributed by atoms with Crippen molar-refractivity contribution in [2.24, 2.45) is 11.3 Å². The molecule has 1 amide bonds. The number of aromatic nitrogens is 1. The number of carbonyl (C=O) groups is 2. The summed E-state index contributed by atoms with van der Waals surface area (Å²) in [6.45, 7) is 4.11. The van der Waals surface area contributed by atoms with E-state index in [4.69, 9.17) is 0 Å². The molecule has 0 bridgehead atoms. The maximum atomic E-state index is 12.8. The van der Waals surface area contributed by atoms with Gasteiger partial charge in [0, 0.05) is 25.3 Å². The molecule has 1 aliphatic heterocycles. The molecule has 1 aromatic heterocycles. The maximum Gasteiger partial charge on any atom is 0.302 e. The van der Waals surface area contributed by atoms with Crippen molar-refractivity contribution in [3.05, 3.63) is 10.6 Å². The van der Waals surface area contributed by atoms with Crippen molar-refractivity contribution in [3.8, 4) is 0 Å². The van der Waals surface area contributed by atoms with Crippen LogP contribution in [-0.2, 0) is 21.4 Å². The summed E-state index contributed by atoms with van der Waals surface area (Å²) in [5, 5.41) is 0.407. The van der Waals surface area contributed by atoms with Crippen molar-refractivity contribution in [2.45, 2.75) is 33.1 Å². The highest BCUT2D eigenvalue weighted by Gasteiger charge is 2.38. The highest BCUT2D eigenvalue weighted by molar-refractivity contribution is 7.86. The van der Waals surface area contributed by atoms with Crippen LogP contribution in [-0.4, -0.2) is 37.4 Å². The van der Waals surface area contributed by atoms with E-state index in [0.717, 1.165) is 0 Å². The average Bonchev–Trinajstić information content (AvgIpc) is 2.89. The minimum absolute atomic E-state index is 0.0210. The van der Waals surface area contributed by atoms with Gasteiger partial charge in [-0.25, -0.2) is 4.98 Å². The molecule has 1 aromatic rings. The van der Waals surface area contributed by atoms with E-state index in [0.29, 0.717) is 28.5 Å². The number of carbonyl (C=O) groups excluding carboxylic acids is 2. The second-order valence-electron chi connectivity index (χ2n) is 6.99. The third-order valence-electron chi connectivity index (χ3n) is 4.10. The number of hydrogen-bond acceptors (Lipinski definition) is 6. The van der Waals surface area contributed by atoms with Crippen LogP contribution in [0.15, 0.2) is 0 Å². The van der Waals surface area contributed by atoms with E-state index in [-0.39, 0.29) is 30.1 Å². The lowest BCUT2D eigenvalue weighted by Crippen LogP contribution is -2.26. The van der Waals surface area contributed by atoms with Crippen LogP contribution in [0.2, 0.25) is 0 Å². The van der Waals surface area contributed by atoms with Gasteiger partial charge in [0.25, 0.3) is 0 Å². The monoisotopic (exact) mass is 360 g/mol. The summed E-state index contributed by atoms with van der Waals surface area (Å²) in [7, 11) is -4.61. The SMILES string of the molecule is CC1(C)CC(=O)c2sc(N3CC(CS(=O)(=O)F)CC3=O)nc2C1. The molecule has 0 N–H and O–H groups in total. The third-order valence-corrected chi connectivity index (χ3v) is 6.13. The lowest BCUT2D eigenvalue weighted by Gasteiger charge is -2.26. The van der Waals surface area contributed by atoms with E-state index in [2.05, 4.69) is 4.98 Å². The predicted octanol–water partition coefficient (Wildman–Crippen LogP) is 1.95. The first-order chi connectivity index (χ1) is 10.5. The van der Waals surface area contributed by atoms with Crippen molar-refractivity contribution in [2.75, 3.05) is 17.2 Å². The fraction of sp³-hybridized carbons (Fsp3) is 0.643. The molecular formula is C14H17FN2O4S2. The van der Waals surface area contributed by atoms with Gasteiger partial charge < -0.3 is 0 Å². The van der Waals surface area contributed by atoms with E-state index in [9.17, 15) is 21.9 Å². The number of halogens is 1. The van der Waals surface area contributed by atoms with Crippen LogP contribution in [0.1, 0.15) is 42.1 Å². The second kappa shape index (κ2) is 5.34. The number of hydrogen-bond donors (Lipinski definition) is 0. The van der Waals surface area contributed by atoms with Crippen molar-refractivity contribution >= 4 is 38.4 Å². The molecule has 6 nitrogen and oxygen atoms in total. The number of rotatable bonds is 3. The summed E-state index contributed by atoms with van der Waals surface area (Å²) >= 11 is 1.17. The molecule has 0 radical (unpaired) electrons. The minimum Gasteiger partial charge on any atom is -0.293 e. The molecule has 3 rings (SSSR count). The van der Waals surface area contributed by atoms with E-state index in [1.54, 1.807) is 0 Å². The molecule has 23 heavy (non-hydrogen) atoms. The molecule has 2 heterocycles. The first kappa shape index (κ1) is 16.5. The normalized spacial score (nSPS) is 24.1. The number of amides is 1. The number of fused-ring (bicyclic) bond motifs is 1. The van der Waals surface area contributed by atoms with E-state index < -0.39 is 21.9 Å². The molecule has 1 unspecified atom stereocenters. The van der Waals surface area contributed by atoms with Gasteiger partial charge in [-0.15, -0.1) is 3.89 Å². The molecule has 126 valence electrons. The molecule has 1 saturated heterocycles. The van der Waals surface area contributed by atoms with Crippen molar-refractivity contribution < 1.29 is 21.9 Å². The zero-order valence-corrected chi connectivity index (χ0v) is 14.5. The summed E-state index contributed by atoms with van der Waals surface area (Å²) in [6, 6.07) is 0. The van der Waals surface area contributed by atoms with Gasteiger partial charge in [-0.1, -0.05) is 25.2 Å². The van der Waals surface area contributed by atoms with Gasteiger partial charge in [0.1, 0.15) is 0 Å². The Labute approximate surface area is 137 Å². The Morgan fingerprint density at radius 1 is 1.35 bits per heavy atom. The van der Waals surface area contributed by atoms with Crippen molar-refractivity contribution in [3.63, 3.8) is 0 Å². The Morgan fingerprint density at radius 3 is 2.70 bits per heavy atom. The van der Waals surface area contributed by atoms with Gasteiger partial charge >= 0.3 is 10.2 Å². The molecule has 1 atom stereocenters. The van der Waals surface area contributed by atoms with Gasteiger partial charge in [0.2, 0.25) is 5.91 Å². The first-order valence-corrected chi connectivity index (χ1v) is 9.67. The fourth-order valence-electron chi connectivity index (χ4n) is 3.18. The van der Waals surface area contributed by atoms with E-state index in [1.807, 2.05) is 13.8 Å². The molecule has 2 aliphatic rings.